The van der Waals surface area contributed by atoms with E-state index in [1.54, 1.807) is 81.0 Å². The predicted molar refractivity (Wildman–Crippen MR) is 118 cm³/mol. The van der Waals surface area contributed by atoms with Crippen molar-refractivity contribution >= 4 is 29.1 Å². The van der Waals surface area contributed by atoms with Crippen molar-refractivity contribution in [1.29, 1.82) is 0 Å². The molecule has 0 radical (unpaired) electrons. The van der Waals surface area contributed by atoms with Crippen LogP contribution in [-0.4, -0.2) is 43.3 Å². The average molecular weight is 420 g/mol. The van der Waals surface area contributed by atoms with Gasteiger partial charge in [-0.1, -0.05) is 6.07 Å². The number of amides is 3. The first kappa shape index (κ1) is 21.6. The first-order valence-corrected chi connectivity index (χ1v) is 9.68. The lowest BCUT2D eigenvalue weighted by molar-refractivity contribution is -0.114. The first-order chi connectivity index (χ1) is 14.9. The molecule has 31 heavy (non-hydrogen) atoms. The number of nitrogens with zero attached hydrogens (tertiary/aromatic N) is 1. The van der Waals surface area contributed by atoms with Crippen LogP contribution in [0.15, 0.2) is 71.3 Å². The Kier molecular flexibility index (Phi) is 7.05. The molecule has 0 aliphatic carbocycles. The molecule has 0 fully saturated rings. The number of hydrogen-bond donors (Lipinski definition) is 3. The second kappa shape index (κ2) is 10.1. The lowest BCUT2D eigenvalue weighted by Crippen LogP contribution is -2.24. The Morgan fingerprint density at radius 2 is 1.68 bits per heavy atom. The summed E-state index contributed by atoms with van der Waals surface area (Å²) in [4.78, 5) is 37.9. The van der Waals surface area contributed by atoms with Gasteiger partial charge in [0.15, 0.2) is 0 Å². The van der Waals surface area contributed by atoms with Crippen LogP contribution in [0, 0.1) is 0 Å². The van der Waals surface area contributed by atoms with E-state index < -0.39 is 0 Å². The monoisotopic (exact) mass is 420 g/mol. The van der Waals surface area contributed by atoms with E-state index in [1.807, 2.05) is 0 Å². The van der Waals surface area contributed by atoms with Crippen molar-refractivity contribution in [1.82, 2.24) is 10.2 Å². The van der Waals surface area contributed by atoms with E-state index >= 15 is 0 Å². The number of furan rings is 1. The molecule has 0 aliphatic rings. The number of carbonyl (C=O) groups is 3. The molecular formula is C23H24N4O4. The number of anilines is 2. The summed E-state index contributed by atoms with van der Waals surface area (Å²) in [5.74, 6) is 0.0743. The van der Waals surface area contributed by atoms with E-state index in [-0.39, 0.29) is 24.3 Å². The van der Waals surface area contributed by atoms with Gasteiger partial charge in [-0.25, -0.2) is 0 Å². The summed E-state index contributed by atoms with van der Waals surface area (Å²) in [6, 6.07) is 17.1. The molecule has 8 nitrogen and oxygen atoms in total. The van der Waals surface area contributed by atoms with Gasteiger partial charge in [0.25, 0.3) is 11.8 Å². The third-order valence-corrected chi connectivity index (χ3v) is 4.40. The van der Waals surface area contributed by atoms with E-state index in [0.717, 1.165) is 0 Å². The fourth-order valence-corrected chi connectivity index (χ4v) is 2.80. The van der Waals surface area contributed by atoms with E-state index in [0.29, 0.717) is 34.8 Å². The quantitative estimate of drug-likeness (QED) is 0.520. The third kappa shape index (κ3) is 6.20. The molecule has 0 aliphatic heterocycles. The minimum Gasteiger partial charge on any atom is -0.467 e. The van der Waals surface area contributed by atoms with Gasteiger partial charge < -0.3 is 25.3 Å². The van der Waals surface area contributed by atoms with Gasteiger partial charge in [-0.15, -0.1) is 0 Å². The molecule has 1 aromatic heterocycles. The van der Waals surface area contributed by atoms with Gasteiger partial charge in [-0.3, -0.25) is 14.4 Å². The Bertz CT molecular complexity index is 1040. The molecule has 0 saturated heterocycles. The van der Waals surface area contributed by atoms with Crippen molar-refractivity contribution in [3.8, 4) is 0 Å². The second-order valence-corrected chi connectivity index (χ2v) is 7.02. The molecule has 3 amide bonds. The molecule has 0 saturated carbocycles. The molecule has 160 valence electrons. The Morgan fingerprint density at radius 1 is 0.903 bits per heavy atom. The number of rotatable bonds is 8. The largest absolute Gasteiger partial charge is 0.467 e. The average Bonchev–Trinajstić information content (AvgIpc) is 3.30. The molecule has 3 aromatic rings. The fraction of sp³-hybridized carbons (Fsp3) is 0.174. The molecule has 3 N–H and O–H groups in total. The summed E-state index contributed by atoms with van der Waals surface area (Å²) < 4.78 is 5.18. The Balaban J connectivity index is 1.49. The molecule has 0 bridgehead atoms. The SMILES string of the molecule is CN(C)C(=O)c1cccc(NCC(=O)Nc2ccc(C(=O)NCc3ccco3)cc2)c1. The lowest BCUT2D eigenvalue weighted by atomic mass is 10.2. The summed E-state index contributed by atoms with van der Waals surface area (Å²) in [6.07, 6.45) is 1.55. The second-order valence-electron chi connectivity index (χ2n) is 7.02. The van der Waals surface area contributed by atoms with Gasteiger partial charge in [0, 0.05) is 36.6 Å². The highest BCUT2D eigenvalue weighted by Gasteiger charge is 2.10. The number of carbonyl (C=O) groups excluding carboxylic acids is 3. The highest BCUT2D eigenvalue weighted by Crippen LogP contribution is 2.13. The Labute approximate surface area is 180 Å². The van der Waals surface area contributed by atoms with Crippen LogP contribution >= 0.6 is 0 Å². The van der Waals surface area contributed by atoms with E-state index in [2.05, 4.69) is 16.0 Å². The smallest absolute Gasteiger partial charge is 0.253 e. The van der Waals surface area contributed by atoms with Gasteiger partial charge in [0.2, 0.25) is 5.91 Å². The molecule has 8 heteroatoms. The Morgan fingerprint density at radius 3 is 2.35 bits per heavy atom. The summed E-state index contributed by atoms with van der Waals surface area (Å²) in [6.45, 7) is 0.336. The van der Waals surface area contributed by atoms with Crippen LogP contribution in [0.3, 0.4) is 0 Å². The van der Waals surface area contributed by atoms with Crippen molar-refractivity contribution < 1.29 is 18.8 Å². The third-order valence-electron chi connectivity index (χ3n) is 4.40. The van der Waals surface area contributed by atoms with Crippen molar-refractivity contribution in [3.63, 3.8) is 0 Å². The van der Waals surface area contributed by atoms with Crippen LogP contribution in [0.2, 0.25) is 0 Å². The van der Waals surface area contributed by atoms with E-state index in [4.69, 9.17) is 4.42 Å². The number of benzene rings is 2. The van der Waals surface area contributed by atoms with Crippen LogP contribution in [0.4, 0.5) is 11.4 Å². The van der Waals surface area contributed by atoms with E-state index in [1.165, 1.54) is 4.90 Å². The zero-order valence-corrected chi connectivity index (χ0v) is 17.3. The maximum absolute atomic E-state index is 12.2. The summed E-state index contributed by atoms with van der Waals surface area (Å²) in [7, 11) is 3.37. The molecule has 0 spiro atoms. The van der Waals surface area contributed by atoms with Crippen LogP contribution in [0.5, 0.6) is 0 Å². The maximum atomic E-state index is 12.2. The highest BCUT2D eigenvalue weighted by atomic mass is 16.3. The van der Waals surface area contributed by atoms with Crippen molar-refractivity contribution in [3.05, 3.63) is 83.8 Å². The normalized spacial score (nSPS) is 10.3. The van der Waals surface area contributed by atoms with Gasteiger partial charge in [-0.05, 0) is 54.6 Å². The van der Waals surface area contributed by atoms with Crippen molar-refractivity contribution in [2.45, 2.75) is 6.54 Å². The summed E-state index contributed by atoms with van der Waals surface area (Å²) in [5.41, 5.74) is 2.26. The summed E-state index contributed by atoms with van der Waals surface area (Å²) >= 11 is 0. The molecule has 2 aromatic carbocycles. The first-order valence-electron chi connectivity index (χ1n) is 9.68. The van der Waals surface area contributed by atoms with E-state index in [9.17, 15) is 14.4 Å². The van der Waals surface area contributed by atoms with Gasteiger partial charge in [-0.2, -0.15) is 0 Å². The van der Waals surface area contributed by atoms with Crippen LogP contribution in [0.1, 0.15) is 26.5 Å². The zero-order chi connectivity index (χ0) is 22.2. The highest BCUT2D eigenvalue weighted by molar-refractivity contribution is 5.97. The Hall–Kier alpha value is -4.07. The molecule has 0 atom stereocenters. The molecular weight excluding hydrogens is 396 g/mol. The minimum absolute atomic E-state index is 0.0327. The maximum Gasteiger partial charge on any atom is 0.253 e. The fourth-order valence-electron chi connectivity index (χ4n) is 2.80. The van der Waals surface area contributed by atoms with Crippen molar-refractivity contribution in [2.24, 2.45) is 0 Å². The van der Waals surface area contributed by atoms with Crippen LogP contribution in [-0.2, 0) is 11.3 Å². The van der Waals surface area contributed by atoms with Gasteiger partial charge in [0.05, 0.1) is 19.4 Å². The molecule has 3 rings (SSSR count). The molecule has 1 heterocycles. The molecule has 0 unspecified atom stereocenters. The predicted octanol–water partition coefficient (Wildman–Crippen LogP) is 2.96. The number of nitrogens with one attached hydrogen (secondary N) is 3. The van der Waals surface area contributed by atoms with Crippen LogP contribution in [0.25, 0.3) is 0 Å². The minimum atomic E-state index is -0.251. The van der Waals surface area contributed by atoms with Gasteiger partial charge in [0.1, 0.15) is 5.76 Å². The number of hydrogen-bond acceptors (Lipinski definition) is 5. The standard InChI is InChI=1S/C23H24N4O4/c1-27(2)23(30)17-5-3-6-19(13-17)24-15-21(28)26-18-10-8-16(9-11-18)22(29)25-14-20-7-4-12-31-20/h3-13,24H,14-15H2,1-2H3,(H,25,29)(H,26,28). The van der Waals surface area contributed by atoms with Gasteiger partial charge >= 0.3 is 0 Å². The van der Waals surface area contributed by atoms with Crippen molar-refractivity contribution in [2.75, 3.05) is 31.3 Å². The topological polar surface area (TPSA) is 104 Å². The zero-order valence-electron chi connectivity index (χ0n) is 17.3. The van der Waals surface area contributed by atoms with Crippen LogP contribution < -0.4 is 16.0 Å². The summed E-state index contributed by atoms with van der Waals surface area (Å²) in [5, 5.41) is 8.53. The lowest BCUT2D eigenvalue weighted by Gasteiger charge is -2.12.